The predicted molar refractivity (Wildman–Crippen MR) is 376 cm³/mol. The molecule has 0 rings (SSSR count). The molecular weight excluding hydrogens is 1100 g/mol. The van der Waals surface area contributed by atoms with E-state index >= 15 is 0 Å². The average Bonchev–Trinajstić information content (AvgIpc) is 3.63. The molecule has 87 heavy (non-hydrogen) atoms. The van der Waals surface area contributed by atoms with E-state index in [0.29, 0.717) is 6.42 Å². The zero-order chi connectivity index (χ0) is 63.0. The van der Waals surface area contributed by atoms with Crippen molar-refractivity contribution in [3.63, 3.8) is 0 Å². The topological polar surface area (TPSA) is 134 Å². The van der Waals surface area contributed by atoms with E-state index in [-0.39, 0.29) is 38.6 Å². The largest absolute Gasteiger partial charge is 0.472 e. The number of allylic oxidation sites excluding steroid dienone is 18. The van der Waals surface area contributed by atoms with Crippen LogP contribution in [0.2, 0.25) is 0 Å². The van der Waals surface area contributed by atoms with Gasteiger partial charge in [-0.05, 0) is 103 Å². The van der Waals surface area contributed by atoms with E-state index in [1.807, 2.05) is 0 Å². The zero-order valence-electron chi connectivity index (χ0n) is 56.5. The number of esters is 2. The lowest BCUT2D eigenvalue weighted by atomic mass is 10.0. The zero-order valence-corrected chi connectivity index (χ0v) is 57.4. The standard InChI is InChI=1S/C77H136NO8P/c1-3-5-7-9-11-13-15-17-19-21-23-25-27-29-31-33-34-35-36-37-38-39-40-42-43-45-47-49-51-53-55-57-59-61-63-65-67-69-76(79)83-73-75(74-85-87(81,82)84-72-71-78)86-77(80)70-68-66-64-62-60-58-56-54-52-50-48-46-44-41-32-30-28-26-24-22-20-18-16-14-12-10-8-6-4-2/h6,8,12,14-15,17-18,20-21,23-24,26,30,32,44,46,50,52,75H,3-5,7,9-11,13,16,19,22,25,27-29,31,33-43,45,47-49,51,53-74,78H2,1-2H3,(H,81,82)/b8-6-,14-12-,17-15-,20-18-,23-21-,26-24-,32-30-,46-44-,52-50-. The molecule has 0 aromatic rings. The minimum absolute atomic E-state index is 0.0477. The molecule has 2 atom stereocenters. The van der Waals surface area contributed by atoms with Crippen molar-refractivity contribution in [2.45, 2.75) is 341 Å². The summed E-state index contributed by atoms with van der Waals surface area (Å²) in [5.41, 5.74) is 5.40. The fourth-order valence-corrected chi connectivity index (χ4v) is 11.1. The van der Waals surface area contributed by atoms with Gasteiger partial charge >= 0.3 is 19.8 Å². The fraction of sp³-hybridized carbons (Fsp3) is 0.740. The normalized spacial score (nSPS) is 13.6. The van der Waals surface area contributed by atoms with Gasteiger partial charge in [-0.25, -0.2) is 4.57 Å². The van der Waals surface area contributed by atoms with E-state index in [0.717, 1.165) is 96.3 Å². The van der Waals surface area contributed by atoms with Crippen LogP contribution in [0.3, 0.4) is 0 Å². The molecule has 0 aliphatic heterocycles. The summed E-state index contributed by atoms with van der Waals surface area (Å²) in [6.07, 6.45) is 99.1. The van der Waals surface area contributed by atoms with Gasteiger partial charge in [-0.2, -0.15) is 0 Å². The summed E-state index contributed by atoms with van der Waals surface area (Å²) in [4.78, 5) is 35.4. The highest BCUT2D eigenvalue weighted by molar-refractivity contribution is 7.47. The van der Waals surface area contributed by atoms with E-state index in [1.54, 1.807) is 0 Å². The van der Waals surface area contributed by atoms with Gasteiger partial charge in [-0.1, -0.05) is 329 Å². The molecule has 3 N–H and O–H groups in total. The highest BCUT2D eigenvalue weighted by Gasteiger charge is 2.26. The van der Waals surface area contributed by atoms with E-state index in [1.165, 1.54) is 205 Å². The quantitative estimate of drug-likeness (QED) is 0.0264. The van der Waals surface area contributed by atoms with Crippen molar-refractivity contribution < 1.29 is 37.6 Å². The van der Waals surface area contributed by atoms with Crippen molar-refractivity contribution in [2.24, 2.45) is 5.73 Å². The van der Waals surface area contributed by atoms with Gasteiger partial charge in [0.2, 0.25) is 0 Å². The Morgan fingerprint density at radius 1 is 0.356 bits per heavy atom. The van der Waals surface area contributed by atoms with E-state index in [9.17, 15) is 19.0 Å². The Morgan fingerprint density at radius 2 is 0.632 bits per heavy atom. The SMILES string of the molecule is CC/C=C\C/C=C\C/C=C\C/C=C\C/C=C\C/C=C\C/C=C\CCCCCCCCCC(=O)OC(COC(=O)CCCCCCCCCCCCCCCCCCCCCCCCCCC/C=C\C/C=C\CCCCCCC)COP(=O)(O)OCCN. The molecule has 10 heteroatoms. The molecule has 0 amide bonds. The maximum absolute atomic E-state index is 12.8. The van der Waals surface area contributed by atoms with Crippen LogP contribution < -0.4 is 5.73 Å². The second kappa shape index (κ2) is 71.7. The second-order valence-corrected chi connectivity index (χ2v) is 25.5. The smallest absolute Gasteiger partial charge is 0.462 e. The Hall–Kier alpha value is -3.33. The van der Waals surface area contributed by atoms with Crippen LogP contribution in [0.1, 0.15) is 335 Å². The first-order valence-corrected chi connectivity index (χ1v) is 37.9. The Balaban J connectivity index is 3.86. The van der Waals surface area contributed by atoms with Crippen LogP contribution in [0.25, 0.3) is 0 Å². The number of rotatable bonds is 68. The number of carbonyl (C=O) groups is 2. The molecule has 0 fully saturated rings. The number of phosphoric ester groups is 1. The summed E-state index contributed by atoms with van der Waals surface area (Å²) in [5, 5.41) is 0. The van der Waals surface area contributed by atoms with Gasteiger partial charge in [-0.15, -0.1) is 0 Å². The predicted octanol–water partition coefficient (Wildman–Crippen LogP) is 24.1. The van der Waals surface area contributed by atoms with Crippen LogP contribution in [0.4, 0.5) is 0 Å². The second-order valence-electron chi connectivity index (χ2n) is 24.1. The van der Waals surface area contributed by atoms with Gasteiger partial charge in [0.15, 0.2) is 6.10 Å². The van der Waals surface area contributed by atoms with Gasteiger partial charge < -0.3 is 20.1 Å². The number of carbonyl (C=O) groups excluding carboxylic acids is 2. The maximum Gasteiger partial charge on any atom is 0.472 e. The summed E-state index contributed by atoms with van der Waals surface area (Å²) >= 11 is 0. The maximum atomic E-state index is 12.8. The van der Waals surface area contributed by atoms with Crippen molar-refractivity contribution in [3.8, 4) is 0 Å². The number of phosphoric acid groups is 1. The first kappa shape index (κ1) is 83.7. The highest BCUT2D eigenvalue weighted by atomic mass is 31.2. The molecular formula is C77H136NO8P. The first-order chi connectivity index (χ1) is 42.8. The Bertz CT molecular complexity index is 1800. The van der Waals surface area contributed by atoms with Crippen LogP contribution in [0, 0.1) is 0 Å². The number of nitrogens with two attached hydrogens (primary N) is 1. The van der Waals surface area contributed by atoms with Crippen LogP contribution in [0.15, 0.2) is 109 Å². The molecule has 0 aromatic heterocycles. The molecule has 0 aliphatic carbocycles. The van der Waals surface area contributed by atoms with Gasteiger partial charge in [0.1, 0.15) is 6.61 Å². The Labute approximate surface area is 537 Å². The van der Waals surface area contributed by atoms with Crippen molar-refractivity contribution in [1.29, 1.82) is 0 Å². The molecule has 2 unspecified atom stereocenters. The van der Waals surface area contributed by atoms with Crippen molar-refractivity contribution in [1.82, 2.24) is 0 Å². The summed E-state index contributed by atoms with van der Waals surface area (Å²) in [6, 6.07) is 0. The minimum atomic E-state index is -4.40. The third-order valence-corrected chi connectivity index (χ3v) is 16.6. The molecule has 0 heterocycles. The number of unbranched alkanes of at least 4 members (excludes halogenated alkanes) is 37. The van der Waals surface area contributed by atoms with E-state index in [4.69, 9.17) is 24.3 Å². The average molecular weight is 1230 g/mol. The van der Waals surface area contributed by atoms with Crippen LogP contribution in [0.5, 0.6) is 0 Å². The van der Waals surface area contributed by atoms with Crippen LogP contribution in [-0.2, 0) is 32.7 Å². The molecule has 0 bridgehead atoms. The summed E-state index contributed by atoms with van der Waals surface area (Å²) < 4.78 is 33.2. The molecule has 0 saturated carbocycles. The van der Waals surface area contributed by atoms with Crippen molar-refractivity contribution >= 4 is 19.8 Å². The minimum Gasteiger partial charge on any atom is -0.462 e. The Morgan fingerprint density at radius 3 is 0.943 bits per heavy atom. The summed E-state index contributed by atoms with van der Waals surface area (Å²) in [5.74, 6) is -0.833. The molecule has 0 radical (unpaired) electrons. The van der Waals surface area contributed by atoms with E-state index < -0.39 is 26.5 Å². The van der Waals surface area contributed by atoms with Gasteiger partial charge in [-0.3, -0.25) is 18.6 Å². The lowest BCUT2D eigenvalue weighted by Crippen LogP contribution is -2.29. The molecule has 0 aliphatic rings. The lowest BCUT2D eigenvalue weighted by Gasteiger charge is -2.19. The van der Waals surface area contributed by atoms with E-state index in [2.05, 4.69) is 123 Å². The first-order valence-electron chi connectivity index (χ1n) is 36.4. The number of hydrogen-bond acceptors (Lipinski definition) is 8. The molecule has 9 nitrogen and oxygen atoms in total. The fourth-order valence-electron chi connectivity index (χ4n) is 10.3. The van der Waals surface area contributed by atoms with Crippen molar-refractivity contribution in [2.75, 3.05) is 26.4 Å². The molecule has 502 valence electrons. The van der Waals surface area contributed by atoms with Gasteiger partial charge in [0, 0.05) is 19.4 Å². The molecule has 0 saturated heterocycles. The van der Waals surface area contributed by atoms with Crippen LogP contribution >= 0.6 is 7.82 Å². The summed E-state index contributed by atoms with van der Waals surface area (Å²) in [6.45, 7) is 3.64. The molecule has 0 aromatic carbocycles. The third kappa shape index (κ3) is 71.6. The third-order valence-electron chi connectivity index (χ3n) is 15.6. The number of hydrogen-bond donors (Lipinski definition) is 2. The summed E-state index contributed by atoms with van der Waals surface area (Å²) in [7, 11) is -4.40. The van der Waals surface area contributed by atoms with Gasteiger partial charge in [0.05, 0.1) is 13.2 Å². The lowest BCUT2D eigenvalue weighted by molar-refractivity contribution is -0.161. The van der Waals surface area contributed by atoms with Gasteiger partial charge in [0.25, 0.3) is 0 Å². The number of ether oxygens (including phenoxy) is 2. The molecule has 0 spiro atoms. The van der Waals surface area contributed by atoms with Crippen molar-refractivity contribution in [3.05, 3.63) is 109 Å². The Kier molecular flexibility index (Phi) is 69.0. The highest BCUT2D eigenvalue weighted by Crippen LogP contribution is 2.43. The van der Waals surface area contributed by atoms with Crippen LogP contribution in [-0.4, -0.2) is 49.3 Å². The monoisotopic (exact) mass is 1230 g/mol.